The monoisotopic (exact) mass is 366 g/mol. The quantitative estimate of drug-likeness (QED) is 0.729. The third kappa shape index (κ3) is 3.49. The van der Waals surface area contributed by atoms with Crippen molar-refractivity contribution in [2.75, 3.05) is 27.8 Å². The highest BCUT2D eigenvalue weighted by Gasteiger charge is 2.30. The summed E-state index contributed by atoms with van der Waals surface area (Å²) in [4.78, 5) is 0. The van der Waals surface area contributed by atoms with Crippen molar-refractivity contribution in [3.05, 3.63) is 57.1 Å². The summed E-state index contributed by atoms with van der Waals surface area (Å²) in [6, 6.07) is 9.95. The summed E-state index contributed by atoms with van der Waals surface area (Å²) in [5.74, 6) is 1.59. The lowest BCUT2D eigenvalue weighted by Crippen LogP contribution is -2.46. The van der Waals surface area contributed by atoms with Gasteiger partial charge in [-0.3, -0.25) is 0 Å². The van der Waals surface area contributed by atoms with Crippen LogP contribution in [0.25, 0.3) is 0 Å². The van der Waals surface area contributed by atoms with Crippen molar-refractivity contribution in [2.24, 2.45) is 0 Å². The minimum atomic E-state index is 0.673. The second kappa shape index (κ2) is 6.83. The van der Waals surface area contributed by atoms with Gasteiger partial charge < -0.3 is 14.0 Å². The summed E-state index contributed by atoms with van der Waals surface area (Å²) >= 11 is 12.4. The van der Waals surface area contributed by atoms with Crippen LogP contribution in [0.3, 0.4) is 0 Å². The summed E-state index contributed by atoms with van der Waals surface area (Å²) < 4.78 is 11.8. The highest BCUT2D eigenvalue weighted by molar-refractivity contribution is 6.35. The SMILES string of the molecule is COc1cc2c(cc1OC)C[N@+](C)(Cc1ccc(Cl)cc1Cl)CC2. The van der Waals surface area contributed by atoms with Crippen LogP contribution in [0.5, 0.6) is 11.5 Å². The van der Waals surface area contributed by atoms with E-state index in [1.165, 1.54) is 11.1 Å². The number of hydrogen-bond acceptors (Lipinski definition) is 2. The maximum absolute atomic E-state index is 6.37. The molecule has 0 unspecified atom stereocenters. The van der Waals surface area contributed by atoms with Gasteiger partial charge in [-0.2, -0.15) is 0 Å². The van der Waals surface area contributed by atoms with Gasteiger partial charge in [0.15, 0.2) is 11.5 Å². The molecule has 0 N–H and O–H groups in total. The van der Waals surface area contributed by atoms with E-state index in [1.54, 1.807) is 14.2 Å². The third-order valence-electron chi connectivity index (χ3n) is 4.75. The molecular formula is C19H22Cl2NO2+. The number of fused-ring (bicyclic) bond motifs is 1. The standard InChI is InChI=1S/C19H22Cl2NO2/c1-22(11-14-4-5-16(20)10-17(14)21)7-6-13-8-18(23-2)19(24-3)9-15(13)12-22/h4-5,8-10H,6-7,11-12H2,1-3H3/q+1/t22-/m0/s1. The second-order valence-corrected chi connectivity index (χ2v) is 7.46. The Morgan fingerprint density at radius 1 is 1.00 bits per heavy atom. The van der Waals surface area contributed by atoms with Gasteiger partial charge in [0.25, 0.3) is 0 Å². The molecule has 2 aromatic carbocycles. The smallest absolute Gasteiger partial charge is 0.161 e. The molecule has 0 saturated carbocycles. The Bertz CT molecular complexity index is 763. The third-order valence-corrected chi connectivity index (χ3v) is 5.33. The fourth-order valence-corrected chi connectivity index (χ4v) is 3.89. The Morgan fingerprint density at radius 2 is 1.67 bits per heavy atom. The van der Waals surface area contributed by atoms with E-state index >= 15 is 0 Å². The molecular weight excluding hydrogens is 345 g/mol. The highest BCUT2D eigenvalue weighted by atomic mass is 35.5. The number of ether oxygens (including phenoxy) is 2. The van der Waals surface area contributed by atoms with E-state index in [0.29, 0.717) is 5.02 Å². The normalized spacial score (nSPS) is 19.7. The predicted molar refractivity (Wildman–Crippen MR) is 98.2 cm³/mol. The van der Waals surface area contributed by atoms with Gasteiger partial charge in [-0.05, 0) is 29.8 Å². The molecule has 2 aromatic rings. The Morgan fingerprint density at radius 3 is 2.29 bits per heavy atom. The van der Waals surface area contributed by atoms with Crippen LogP contribution >= 0.6 is 23.2 Å². The first-order valence-corrected chi connectivity index (χ1v) is 8.71. The van der Waals surface area contributed by atoms with Crippen molar-refractivity contribution in [3.63, 3.8) is 0 Å². The molecule has 0 radical (unpaired) electrons. The predicted octanol–water partition coefficient (Wildman–Crippen LogP) is 4.71. The lowest BCUT2D eigenvalue weighted by molar-refractivity contribution is -0.937. The molecule has 0 aromatic heterocycles. The Balaban J connectivity index is 1.87. The fraction of sp³-hybridized carbons (Fsp3) is 0.368. The van der Waals surface area contributed by atoms with Gasteiger partial charge in [0.2, 0.25) is 0 Å². The number of likely N-dealkylation sites (N-methyl/N-ethyl adjacent to an activating group) is 1. The van der Waals surface area contributed by atoms with Gasteiger partial charge in [0, 0.05) is 22.6 Å². The zero-order valence-electron chi connectivity index (χ0n) is 14.2. The largest absolute Gasteiger partial charge is 0.493 e. The molecule has 1 aliphatic heterocycles. The van der Waals surface area contributed by atoms with Crippen molar-refractivity contribution in [2.45, 2.75) is 19.5 Å². The van der Waals surface area contributed by atoms with Crippen LogP contribution in [0.2, 0.25) is 10.0 Å². The summed E-state index contributed by atoms with van der Waals surface area (Å²) in [5.41, 5.74) is 3.78. The first-order valence-electron chi connectivity index (χ1n) is 7.95. The zero-order chi connectivity index (χ0) is 17.3. The Hall–Kier alpha value is -1.42. The van der Waals surface area contributed by atoms with Gasteiger partial charge in [-0.1, -0.05) is 29.3 Å². The van der Waals surface area contributed by atoms with Crippen LogP contribution in [0.4, 0.5) is 0 Å². The van der Waals surface area contributed by atoms with E-state index < -0.39 is 0 Å². The molecule has 0 fully saturated rings. The lowest BCUT2D eigenvalue weighted by Gasteiger charge is -2.39. The van der Waals surface area contributed by atoms with Crippen molar-refractivity contribution in [1.82, 2.24) is 0 Å². The van der Waals surface area contributed by atoms with Crippen LogP contribution in [-0.4, -0.2) is 32.3 Å². The fourth-order valence-electron chi connectivity index (χ4n) is 3.42. The van der Waals surface area contributed by atoms with E-state index in [2.05, 4.69) is 19.2 Å². The maximum Gasteiger partial charge on any atom is 0.161 e. The van der Waals surface area contributed by atoms with Crippen LogP contribution in [-0.2, 0) is 19.5 Å². The van der Waals surface area contributed by atoms with E-state index in [4.69, 9.17) is 32.7 Å². The number of hydrogen-bond donors (Lipinski definition) is 0. The molecule has 1 heterocycles. The van der Waals surface area contributed by atoms with Crippen LogP contribution in [0, 0.1) is 0 Å². The molecule has 24 heavy (non-hydrogen) atoms. The molecule has 128 valence electrons. The second-order valence-electron chi connectivity index (χ2n) is 6.62. The van der Waals surface area contributed by atoms with Gasteiger partial charge in [0.1, 0.15) is 13.1 Å². The van der Waals surface area contributed by atoms with Gasteiger partial charge >= 0.3 is 0 Å². The maximum atomic E-state index is 6.37. The molecule has 0 spiro atoms. The minimum Gasteiger partial charge on any atom is -0.493 e. The molecule has 3 nitrogen and oxygen atoms in total. The van der Waals surface area contributed by atoms with E-state index in [0.717, 1.165) is 52.6 Å². The van der Waals surface area contributed by atoms with Crippen molar-refractivity contribution in [3.8, 4) is 11.5 Å². The van der Waals surface area contributed by atoms with Crippen LogP contribution in [0.15, 0.2) is 30.3 Å². The van der Waals surface area contributed by atoms with Gasteiger partial charge in [-0.15, -0.1) is 0 Å². The first kappa shape index (κ1) is 17.4. The number of nitrogens with zero attached hydrogens (tertiary/aromatic N) is 1. The molecule has 0 saturated heterocycles. The molecule has 0 amide bonds. The van der Waals surface area contributed by atoms with E-state index in [9.17, 15) is 0 Å². The number of halogens is 2. The summed E-state index contributed by atoms with van der Waals surface area (Å²) in [6.07, 6.45) is 1.01. The molecule has 1 atom stereocenters. The number of methoxy groups -OCH3 is 2. The highest BCUT2D eigenvalue weighted by Crippen LogP contribution is 2.36. The molecule has 0 aliphatic carbocycles. The average molecular weight is 367 g/mol. The number of benzene rings is 2. The topological polar surface area (TPSA) is 18.5 Å². The van der Waals surface area contributed by atoms with E-state index in [-0.39, 0.29) is 0 Å². The first-order chi connectivity index (χ1) is 11.4. The Kier molecular flexibility index (Phi) is 4.95. The van der Waals surface area contributed by atoms with Crippen molar-refractivity contribution in [1.29, 1.82) is 0 Å². The molecule has 0 bridgehead atoms. The number of quaternary nitrogens is 1. The zero-order valence-corrected chi connectivity index (χ0v) is 15.7. The minimum absolute atomic E-state index is 0.673. The summed E-state index contributed by atoms with van der Waals surface area (Å²) in [5, 5.41) is 1.41. The van der Waals surface area contributed by atoms with Crippen LogP contribution < -0.4 is 9.47 Å². The number of rotatable bonds is 4. The van der Waals surface area contributed by atoms with Crippen molar-refractivity contribution >= 4 is 23.2 Å². The average Bonchev–Trinajstić information content (AvgIpc) is 2.56. The Labute approximate surface area is 153 Å². The molecule has 3 rings (SSSR count). The summed E-state index contributed by atoms with van der Waals surface area (Å²) in [7, 11) is 5.62. The molecule has 5 heteroatoms. The van der Waals surface area contributed by atoms with Gasteiger partial charge in [0.05, 0.1) is 32.8 Å². The van der Waals surface area contributed by atoms with Crippen molar-refractivity contribution < 1.29 is 14.0 Å². The lowest BCUT2D eigenvalue weighted by atomic mass is 9.96. The molecule has 1 aliphatic rings. The van der Waals surface area contributed by atoms with Gasteiger partial charge in [-0.25, -0.2) is 0 Å². The van der Waals surface area contributed by atoms with Crippen LogP contribution in [0.1, 0.15) is 16.7 Å². The van der Waals surface area contributed by atoms with E-state index in [1.807, 2.05) is 18.2 Å². The summed E-state index contributed by atoms with van der Waals surface area (Å²) in [6.45, 7) is 2.87.